The number of amides is 1. The van der Waals surface area contributed by atoms with Gasteiger partial charge in [-0.15, -0.1) is 0 Å². The Balaban J connectivity index is 1.97. The van der Waals surface area contributed by atoms with Gasteiger partial charge in [0.15, 0.2) is 0 Å². The summed E-state index contributed by atoms with van der Waals surface area (Å²) in [6.07, 6.45) is 0. The van der Waals surface area contributed by atoms with Crippen LogP contribution in [0, 0.1) is 13.8 Å². The lowest BCUT2D eigenvalue weighted by atomic mass is 10.1. The molecule has 0 atom stereocenters. The van der Waals surface area contributed by atoms with E-state index in [1.807, 2.05) is 56.3 Å². The van der Waals surface area contributed by atoms with Gasteiger partial charge in [0.1, 0.15) is 19.0 Å². The zero-order valence-corrected chi connectivity index (χ0v) is 14.2. The maximum Gasteiger partial charge on any atom is 0.246 e. The Bertz CT molecular complexity index is 885. The fourth-order valence-electron chi connectivity index (χ4n) is 2.76. The molecule has 0 aliphatic carbocycles. The summed E-state index contributed by atoms with van der Waals surface area (Å²) in [5, 5.41) is 9.62. The number of aryl methyl sites for hydroxylation is 2. The third kappa shape index (κ3) is 2.90. The van der Waals surface area contributed by atoms with Crippen LogP contribution in [0.2, 0.25) is 0 Å². The van der Waals surface area contributed by atoms with Crippen molar-refractivity contribution in [3.05, 3.63) is 59.4 Å². The standard InChI is InChI=1S/C19H21N3O2/c1-13-9-16-17(10-14(13)2)22(18(12-23)20-16)11-19(24)21(3)15-7-5-4-6-8-15/h4-10,23H,11-12H2,1-3H3. The highest BCUT2D eigenvalue weighted by Crippen LogP contribution is 2.22. The number of aliphatic hydroxyl groups excluding tert-OH is 1. The van der Waals surface area contributed by atoms with Gasteiger partial charge in [0.2, 0.25) is 5.91 Å². The Morgan fingerprint density at radius 1 is 1.17 bits per heavy atom. The number of rotatable bonds is 4. The van der Waals surface area contributed by atoms with Crippen molar-refractivity contribution in [1.29, 1.82) is 0 Å². The number of para-hydroxylation sites is 1. The van der Waals surface area contributed by atoms with Crippen molar-refractivity contribution in [2.75, 3.05) is 11.9 Å². The smallest absolute Gasteiger partial charge is 0.246 e. The number of likely N-dealkylation sites (N-methyl/N-ethyl adjacent to an activating group) is 1. The lowest BCUT2D eigenvalue weighted by Crippen LogP contribution is -2.30. The third-order valence-electron chi connectivity index (χ3n) is 4.40. The zero-order chi connectivity index (χ0) is 17.3. The Morgan fingerprint density at radius 3 is 2.50 bits per heavy atom. The second-order valence-corrected chi connectivity index (χ2v) is 5.99. The van der Waals surface area contributed by atoms with Gasteiger partial charge in [0.05, 0.1) is 11.0 Å². The number of carbonyl (C=O) groups excluding carboxylic acids is 1. The summed E-state index contributed by atoms with van der Waals surface area (Å²) < 4.78 is 1.80. The van der Waals surface area contributed by atoms with Gasteiger partial charge in [-0.25, -0.2) is 4.98 Å². The van der Waals surface area contributed by atoms with Gasteiger partial charge in [-0.2, -0.15) is 0 Å². The molecule has 0 bridgehead atoms. The van der Waals surface area contributed by atoms with E-state index in [4.69, 9.17) is 0 Å². The normalized spacial score (nSPS) is 11.0. The van der Waals surface area contributed by atoms with Crippen molar-refractivity contribution in [2.24, 2.45) is 0 Å². The summed E-state index contributed by atoms with van der Waals surface area (Å²) in [6.45, 7) is 4.00. The SMILES string of the molecule is Cc1cc2nc(CO)n(CC(=O)N(C)c3ccccc3)c2cc1C. The van der Waals surface area contributed by atoms with Crippen LogP contribution in [0.15, 0.2) is 42.5 Å². The summed E-state index contributed by atoms with van der Waals surface area (Å²) in [4.78, 5) is 18.7. The van der Waals surface area contributed by atoms with Crippen LogP contribution in [0.3, 0.4) is 0 Å². The second kappa shape index (κ2) is 6.45. The minimum atomic E-state index is -0.199. The Morgan fingerprint density at radius 2 is 1.83 bits per heavy atom. The number of aromatic nitrogens is 2. The molecule has 2 aromatic carbocycles. The fraction of sp³-hybridized carbons (Fsp3) is 0.263. The summed E-state index contributed by atoms with van der Waals surface area (Å²) in [6, 6.07) is 13.5. The lowest BCUT2D eigenvalue weighted by molar-refractivity contribution is -0.118. The van der Waals surface area contributed by atoms with Gasteiger partial charge in [0.25, 0.3) is 0 Å². The number of hydrogen-bond donors (Lipinski definition) is 1. The molecule has 1 amide bonds. The maximum atomic E-state index is 12.7. The number of benzene rings is 2. The second-order valence-electron chi connectivity index (χ2n) is 5.99. The highest BCUT2D eigenvalue weighted by Gasteiger charge is 2.17. The fourth-order valence-corrected chi connectivity index (χ4v) is 2.76. The van der Waals surface area contributed by atoms with Crippen molar-refractivity contribution in [2.45, 2.75) is 27.0 Å². The number of nitrogens with zero attached hydrogens (tertiary/aromatic N) is 3. The van der Waals surface area contributed by atoms with Crippen LogP contribution in [-0.2, 0) is 17.9 Å². The minimum Gasteiger partial charge on any atom is -0.388 e. The molecular weight excluding hydrogens is 302 g/mol. The van der Waals surface area contributed by atoms with E-state index in [1.54, 1.807) is 16.5 Å². The van der Waals surface area contributed by atoms with Gasteiger partial charge in [-0.3, -0.25) is 4.79 Å². The number of carbonyl (C=O) groups is 1. The van der Waals surface area contributed by atoms with Crippen molar-refractivity contribution in [1.82, 2.24) is 9.55 Å². The van der Waals surface area contributed by atoms with Gasteiger partial charge >= 0.3 is 0 Å². The van der Waals surface area contributed by atoms with E-state index in [1.165, 1.54) is 0 Å². The van der Waals surface area contributed by atoms with Crippen LogP contribution in [-0.4, -0.2) is 27.6 Å². The van der Waals surface area contributed by atoms with E-state index in [0.29, 0.717) is 5.82 Å². The number of anilines is 1. The number of hydrogen-bond acceptors (Lipinski definition) is 3. The molecule has 0 spiro atoms. The van der Waals surface area contributed by atoms with Crippen LogP contribution in [0.5, 0.6) is 0 Å². The number of imidazole rings is 1. The van der Waals surface area contributed by atoms with Crippen LogP contribution in [0.4, 0.5) is 5.69 Å². The molecule has 1 aromatic heterocycles. The van der Waals surface area contributed by atoms with E-state index in [9.17, 15) is 9.90 Å². The van der Waals surface area contributed by atoms with Crippen molar-refractivity contribution >= 4 is 22.6 Å². The van der Waals surface area contributed by atoms with E-state index >= 15 is 0 Å². The average Bonchev–Trinajstić information content (AvgIpc) is 2.92. The number of aliphatic hydroxyl groups is 1. The first kappa shape index (κ1) is 16.2. The minimum absolute atomic E-state index is 0.0616. The molecule has 3 rings (SSSR count). The summed E-state index contributed by atoms with van der Waals surface area (Å²) >= 11 is 0. The van der Waals surface area contributed by atoms with Gasteiger partial charge < -0.3 is 14.6 Å². The van der Waals surface area contributed by atoms with Gasteiger partial charge in [-0.05, 0) is 49.2 Å². The Labute approximate surface area is 141 Å². The molecule has 5 nitrogen and oxygen atoms in total. The first-order valence-corrected chi connectivity index (χ1v) is 7.90. The third-order valence-corrected chi connectivity index (χ3v) is 4.40. The molecule has 0 aliphatic rings. The van der Waals surface area contributed by atoms with Crippen LogP contribution in [0.1, 0.15) is 17.0 Å². The summed E-state index contributed by atoms with van der Waals surface area (Å²) in [7, 11) is 1.75. The topological polar surface area (TPSA) is 58.4 Å². The number of fused-ring (bicyclic) bond motifs is 1. The van der Waals surface area contributed by atoms with E-state index in [-0.39, 0.29) is 19.1 Å². The van der Waals surface area contributed by atoms with Crippen LogP contribution >= 0.6 is 0 Å². The monoisotopic (exact) mass is 323 g/mol. The van der Waals surface area contributed by atoms with Crippen molar-refractivity contribution in [3.63, 3.8) is 0 Å². The van der Waals surface area contributed by atoms with Crippen LogP contribution in [0.25, 0.3) is 11.0 Å². The Hall–Kier alpha value is -2.66. The summed E-state index contributed by atoms with van der Waals surface area (Å²) in [5.74, 6) is 0.443. The molecule has 1 N–H and O–H groups in total. The molecule has 1 heterocycles. The predicted octanol–water partition coefficient (Wildman–Crippen LogP) is 2.81. The van der Waals surface area contributed by atoms with E-state index < -0.39 is 0 Å². The van der Waals surface area contributed by atoms with Gasteiger partial charge in [0, 0.05) is 12.7 Å². The summed E-state index contributed by atoms with van der Waals surface area (Å²) in [5.41, 5.74) is 4.79. The molecule has 0 fully saturated rings. The van der Waals surface area contributed by atoms with E-state index in [0.717, 1.165) is 27.8 Å². The molecule has 3 aromatic rings. The highest BCUT2D eigenvalue weighted by atomic mass is 16.3. The molecule has 0 saturated carbocycles. The van der Waals surface area contributed by atoms with Crippen molar-refractivity contribution < 1.29 is 9.90 Å². The Kier molecular flexibility index (Phi) is 4.36. The first-order chi connectivity index (χ1) is 11.5. The average molecular weight is 323 g/mol. The molecule has 24 heavy (non-hydrogen) atoms. The molecule has 5 heteroatoms. The maximum absolute atomic E-state index is 12.7. The zero-order valence-electron chi connectivity index (χ0n) is 14.2. The highest BCUT2D eigenvalue weighted by molar-refractivity contribution is 5.93. The molecule has 124 valence electrons. The molecule has 0 saturated heterocycles. The van der Waals surface area contributed by atoms with Gasteiger partial charge in [-0.1, -0.05) is 18.2 Å². The molecular formula is C19H21N3O2. The quantitative estimate of drug-likeness (QED) is 0.803. The molecule has 0 unspecified atom stereocenters. The predicted molar refractivity (Wildman–Crippen MR) is 95.0 cm³/mol. The van der Waals surface area contributed by atoms with Crippen LogP contribution < -0.4 is 4.90 Å². The van der Waals surface area contributed by atoms with E-state index in [2.05, 4.69) is 4.98 Å². The van der Waals surface area contributed by atoms with Crippen molar-refractivity contribution in [3.8, 4) is 0 Å². The first-order valence-electron chi connectivity index (χ1n) is 7.90. The molecule has 0 aliphatic heterocycles. The largest absolute Gasteiger partial charge is 0.388 e. The molecule has 0 radical (unpaired) electrons. The lowest BCUT2D eigenvalue weighted by Gasteiger charge is -2.18.